The van der Waals surface area contributed by atoms with E-state index in [1.54, 1.807) is 32.2 Å². The van der Waals surface area contributed by atoms with Crippen LogP contribution in [0.1, 0.15) is 17.0 Å². The van der Waals surface area contributed by atoms with Gasteiger partial charge in [0.25, 0.3) is 5.69 Å². The minimum Gasteiger partial charge on any atom is -0.493 e. The summed E-state index contributed by atoms with van der Waals surface area (Å²) in [7, 11) is 1.56. The molecule has 1 heterocycles. The van der Waals surface area contributed by atoms with Gasteiger partial charge in [-0.3, -0.25) is 10.1 Å². The lowest BCUT2D eigenvalue weighted by Crippen LogP contribution is -2.00. The molecule has 0 aliphatic carbocycles. The first-order chi connectivity index (χ1) is 13.0. The molecule has 0 atom stereocenters. The molecule has 0 amide bonds. The minimum absolute atomic E-state index is 0.0229. The van der Waals surface area contributed by atoms with Crippen LogP contribution in [-0.2, 0) is 12.5 Å². The largest absolute Gasteiger partial charge is 0.493 e. The van der Waals surface area contributed by atoms with E-state index in [1.807, 2.05) is 12.1 Å². The van der Waals surface area contributed by atoms with E-state index >= 15 is 0 Å². The smallest absolute Gasteiger partial charge is 0.270 e. The topological polar surface area (TPSA) is 87.6 Å². The van der Waals surface area contributed by atoms with Gasteiger partial charge in [-0.15, -0.1) is 11.6 Å². The summed E-state index contributed by atoms with van der Waals surface area (Å²) >= 11 is 5.83. The van der Waals surface area contributed by atoms with Gasteiger partial charge in [0.15, 0.2) is 11.5 Å². The summed E-state index contributed by atoms with van der Waals surface area (Å²) in [4.78, 5) is 14.9. The average molecular weight is 389 g/mol. The van der Waals surface area contributed by atoms with Crippen molar-refractivity contribution in [1.82, 2.24) is 4.98 Å². The van der Waals surface area contributed by atoms with Crippen molar-refractivity contribution in [2.24, 2.45) is 0 Å². The summed E-state index contributed by atoms with van der Waals surface area (Å²) in [6.07, 6.45) is 0. The first-order valence-corrected chi connectivity index (χ1v) is 8.62. The average Bonchev–Trinajstić information content (AvgIpc) is 3.07. The van der Waals surface area contributed by atoms with Crippen molar-refractivity contribution in [2.45, 2.75) is 19.4 Å². The molecule has 0 saturated heterocycles. The molecule has 0 fully saturated rings. The van der Waals surface area contributed by atoms with E-state index in [9.17, 15) is 10.1 Å². The Morgan fingerprint density at radius 3 is 2.74 bits per heavy atom. The molecule has 7 nitrogen and oxygen atoms in total. The number of nitro groups is 1. The van der Waals surface area contributed by atoms with Crippen molar-refractivity contribution in [3.8, 4) is 23.0 Å². The van der Waals surface area contributed by atoms with Crippen molar-refractivity contribution in [3.05, 3.63) is 69.6 Å². The van der Waals surface area contributed by atoms with Crippen LogP contribution in [0.3, 0.4) is 0 Å². The maximum Gasteiger partial charge on any atom is 0.270 e. The third-order valence-electron chi connectivity index (χ3n) is 3.94. The number of alkyl halides is 1. The van der Waals surface area contributed by atoms with Crippen LogP contribution in [0.15, 0.2) is 46.9 Å². The standard InChI is InChI=1S/C19H17ClN2O5/c1-12-16(11-26-17-7-6-13(10-20)8-18(17)25-2)21-19(27-12)14-4-3-5-15(9-14)22(23)24/h3-9H,10-11H2,1-2H3. The molecular formula is C19H17ClN2O5. The molecule has 27 heavy (non-hydrogen) atoms. The van der Waals surface area contributed by atoms with Gasteiger partial charge in [0.05, 0.1) is 12.0 Å². The molecule has 0 aliphatic heterocycles. The quantitative estimate of drug-likeness (QED) is 0.325. The maximum absolute atomic E-state index is 10.9. The fraction of sp³-hybridized carbons (Fsp3) is 0.211. The molecule has 0 N–H and O–H groups in total. The number of benzene rings is 2. The number of oxazole rings is 1. The fourth-order valence-electron chi connectivity index (χ4n) is 2.50. The van der Waals surface area contributed by atoms with Gasteiger partial charge < -0.3 is 13.9 Å². The van der Waals surface area contributed by atoms with Gasteiger partial charge in [-0.05, 0) is 30.7 Å². The van der Waals surface area contributed by atoms with Crippen LogP contribution in [-0.4, -0.2) is 17.0 Å². The van der Waals surface area contributed by atoms with Gasteiger partial charge in [-0.1, -0.05) is 12.1 Å². The van der Waals surface area contributed by atoms with Gasteiger partial charge in [-0.25, -0.2) is 4.98 Å². The molecule has 1 aromatic heterocycles. The van der Waals surface area contributed by atoms with E-state index in [-0.39, 0.29) is 12.3 Å². The summed E-state index contributed by atoms with van der Waals surface area (Å²) in [6.45, 7) is 1.93. The van der Waals surface area contributed by atoms with Crippen molar-refractivity contribution < 1.29 is 18.8 Å². The zero-order valence-corrected chi connectivity index (χ0v) is 15.5. The van der Waals surface area contributed by atoms with Crippen molar-refractivity contribution in [3.63, 3.8) is 0 Å². The number of hydrogen-bond acceptors (Lipinski definition) is 6. The number of non-ortho nitro benzene ring substituents is 1. The molecule has 140 valence electrons. The number of aryl methyl sites for hydroxylation is 1. The molecule has 8 heteroatoms. The Balaban J connectivity index is 1.80. The Labute approximate surface area is 160 Å². The molecule has 3 rings (SSSR count). The highest BCUT2D eigenvalue weighted by Crippen LogP contribution is 2.30. The van der Waals surface area contributed by atoms with E-state index in [0.717, 1.165) is 5.56 Å². The minimum atomic E-state index is -0.458. The first-order valence-electron chi connectivity index (χ1n) is 8.08. The molecule has 0 saturated carbocycles. The van der Waals surface area contributed by atoms with Crippen LogP contribution < -0.4 is 9.47 Å². The Hall–Kier alpha value is -3.06. The van der Waals surface area contributed by atoms with Crippen molar-refractivity contribution in [2.75, 3.05) is 7.11 Å². The molecule has 2 aromatic carbocycles. The molecule has 0 radical (unpaired) electrons. The number of rotatable bonds is 7. The zero-order chi connectivity index (χ0) is 19.4. The summed E-state index contributed by atoms with van der Waals surface area (Å²) in [5, 5.41) is 10.9. The Morgan fingerprint density at radius 1 is 1.22 bits per heavy atom. The normalized spacial score (nSPS) is 10.6. The zero-order valence-electron chi connectivity index (χ0n) is 14.8. The van der Waals surface area contributed by atoms with Gasteiger partial charge in [-0.2, -0.15) is 0 Å². The number of hydrogen-bond donors (Lipinski definition) is 0. The second-order valence-corrected chi connectivity index (χ2v) is 6.00. The summed E-state index contributed by atoms with van der Waals surface area (Å²) < 4.78 is 16.8. The highest BCUT2D eigenvalue weighted by Gasteiger charge is 2.15. The summed E-state index contributed by atoms with van der Waals surface area (Å²) in [5.74, 6) is 2.40. The highest BCUT2D eigenvalue weighted by molar-refractivity contribution is 6.17. The van der Waals surface area contributed by atoms with Crippen molar-refractivity contribution in [1.29, 1.82) is 0 Å². The molecule has 0 spiro atoms. The number of aromatic nitrogens is 1. The van der Waals surface area contributed by atoms with Crippen LogP contribution >= 0.6 is 11.6 Å². The third-order valence-corrected chi connectivity index (χ3v) is 4.25. The van der Waals surface area contributed by atoms with Crippen molar-refractivity contribution >= 4 is 17.3 Å². The maximum atomic E-state index is 10.9. The summed E-state index contributed by atoms with van der Waals surface area (Å²) in [5.41, 5.74) is 2.03. The molecule has 0 aliphatic rings. The third kappa shape index (κ3) is 4.20. The van der Waals surface area contributed by atoms with Crippen LogP contribution in [0.4, 0.5) is 5.69 Å². The van der Waals surface area contributed by atoms with Crippen LogP contribution in [0, 0.1) is 17.0 Å². The molecule has 3 aromatic rings. The lowest BCUT2D eigenvalue weighted by atomic mass is 10.2. The van der Waals surface area contributed by atoms with E-state index in [1.165, 1.54) is 12.1 Å². The second-order valence-electron chi connectivity index (χ2n) is 5.74. The Kier molecular flexibility index (Phi) is 5.61. The number of halogens is 1. The van der Waals surface area contributed by atoms with Crippen LogP contribution in [0.25, 0.3) is 11.5 Å². The Morgan fingerprint density at radius 2 is 2.04 bits per heavy atom. The molecule has 0 bridgehead atoms. The van der Waals surface area contributed by atoms with Gasteiger partial charge in [0.1, 0.15) is 18.1 Å². The van der Waals surface area contributed by atoms with E-state index in [0.29, 0.717) is 40.3 Å². The van der Waals surface area contributed by atoms with Crippen LogP contribution in [0.5, 0.6) is 11.5 Å². The van der Waals surface area contributed by atoms with Gasteiger partial charge in [0, 0.05) is 23.6 Å². The monoisotopic (exact) mass is 388 g/mol. The van der Waals surface area contributed by atoms with E-state index in [4.69, 9.17) is 25.5 Å². The lowest BCUT2D eigenvalue weighted by molar-refractivity contribution is -0.384. The van der Waals surface area contributed by atoms with E-state index in [2.05, 4.69) is 4.98 Å². The summed E-state index contributed by atoms with van der Waals surface area (Å²) in [6, 6.07) is 11.6. The van der Waals surface area contributed by atoms with E-state index < -0.39 is 4.92 Å². The first kappa shape index (κ1) is 18.7. The number of nitro benzene ring substituents is 1. The van der Waals surface area contributed by atoms with Gasteiger partial charge >= 0.3 is 0 Å². The lowest BCUT2D eigenvalue weighted by Gasteiger charge is -2.10. The number of nitrogens with zero attached hydrogens (tertiary/aromatic N) is 2. The number of ether oxygens (including phenoxy) is 2. The predicted octanol–water partition coefficient (Wildman–Crippen LogP) is 4.88. The predicted molar refractivity (Wildman–Crippen MR) is 100 cm³/mol. The Bertz CT molecular complexity index is 970. The fourth-order valence-corrected chi connectivity index (χ4v) is 2.66. The SMILES string of the molecule is COc1cc(CCl)ccc1OCc1nc(-c2cccc([N+](=O)[O-])c2)oc1C. The highest BCUT2D eigenvalue weighted by atomic mass is 35.5. The second kappa shape index (κ2) is 8.09. The molecule has 0 unspecified atom stereocenters. The molecular weight excluding hydrogens is 372 g/mol. The number of methoxy groups -OCH3 is 1. The van der Waals surface area contributed by atoms with Crippen LogP contribution in [0.2, 0.25) is 0 Å². The van der Waals surface area contributed by atoms with Gasteiger partial charge in [0.2, 0.25) is 5.89 Å².